The van der Waals surface area contributed by atoms with E-state index in [0.29, 0.717) is 10.0 Å². The van der Waals surface area contributed by atoms with Gasteiger partial charge in [-0.3, -0.25) is 4.79 Å². The van der Waals surface area contributed by atoms with E-state index in [1.165, 1.54) is 18.5 Å². The zero-order valence-electron chi connectivity index (χ0n) is 8.73. The van der Waals surface area contributed by atoms with Crippen LogP contribution in [0, 0.1) is 5.82 Å². The van der Waals surface area contributed by atoms with E-state index in [1.54, 1.807) is 18.2 Å². The van der Waals surface area contributed by atoms with Gasteiger partial charge in [-0.05, 0) is 39.7 Å². The first kappa shape index (κ1) is 11.9. The Morgan fingerprint density at radius 3 is 2.76 bits per heavy atom. The molecule has 0 fully saturated rings. The number of hydrogen-bond donors (Lipinski definition) is 0. The number of halogens is 2. The third-order valence-corrected chi connectivity index (χ3v) is 2.86. The highest BCUT2D eigenvalue weighted by atomic mass is 79.9. The molecule has 0 bridgehead atoms. The minimum Gasteiger partial charge on any atom is -0.294 e. The smallest absolute Gasteiger partial charge is 0.168 e. The quantitative estimate of drug-likeness (QED) is 0.818. The molecule has 5 heteroatoms. The average molecular weight is 295 g/mol. The predicted octanol–water partition coefficient (Wildman–Crippen LogP) is 2.80. The topological polar surface area (TPSA) is 42.9 Å². The van der Waals surface area contributed by atoms with Crippen molar-refractivity contribution in [3.63, 3.8) is 0 Å². The fourth-order valence-electron chi connectivity index (χ4n) is 1.39. The monoisotopic (exact) mass is 294 g/mol. The summed E-state index contributed by atoms with van der Waals surface area (Å²) < 4.78 is 13.4. The Hall–Kier alpha value is -1.62. The van der Waals surface area contributed by atoms with E-state index in [4.69, 9.17) is 0 Å². The molecule has 0 radical (unpaired) electrons. The number of ketones is 1. The normalized spacial score (nSPS) is 10.2. The fraction of sp³-hybridized carbons (Fsp3) is 0.0833. The van der Waals surface area contributed by atoms with E-state index < -0.39 is 0 Å². The molecule has 0 atom stereocenters. The van der Waals surface area contributed by atoms with E-state index in [9.17, 15) is 9.18 Å². The largest absolute Gasteiger partial charge is 0.294 e. The first-order valence-corrected chi connectivity index (χ1v) is 5.70. The molecule has 0 unspecified atom stereocenters. The van der Waals surface area contributed by atoms with Crippen LogP contribution in [0.25, 0.3) is 0 Å². The van der Waals surface area contributed by atoms with Crippen molar-refractivity contribution in [2.75, 3.05) is 0 Å². The van der Waals surface area contributed by atoms with Gasteiger partial charge in [-0.25, -0.2) is 4.39 Å². The maximum atomic E-state index is 13.0. The number of Topliss-reactive ketones (excluding diaryl/α,β-unsaturated/α-hetero) is 1. The Morgan fingerprint density at radius 2 is 2.12 bits per heavy atom. The molecule has 0 aliphatic carbocycles. The van der Waals surface area contributed by atoms with Crippen molar-refractivity contribution in [2.24, 2.45) is 0 Å². The molecule has 0 amide bonds. The first-order chi connectivity index (χ1) is 8.16. The van der Waals surface area contributed by atoms with Crippen molar-refractivity contribution < 1.29 is 9.18 Å². The second-order valence-corrected chi connectivity index (χ2v) is 4.33. The van der Waals surface area contributed by atoms with Crippen LogP contribution in [0.1, 0.15) is 15.9 Å². The minimum atomic E-state index is -0.341. The van der Waals surface area contributed by atoms with Crippen molar-refractivity contribution in [3.8, 4) is 0 Å². The molecule has 0 aliphatic heterocycles. The number of carbonyl (C=O) groups is 1. The Kier molecular flexibility index (Phi) is 3.58. The van der Waals surface area contributed by atoms with Crippen molar-refractivity contribution in [1.29, 1.82) is 0 Å². The molecule has 17 heavy (non-hydrogen) atoms. The van der Waals surface area contributed by atoms with Gasteiger partial charge in [0.25, 0.3) is 0 Å². The molecule has 0 saturated heterocycles. The Balaban J connectivity index is 2.16. The summed E-state index contributed by atoms with van der Waals surface area (Å²) >= 11 is 3.08. The Morgan fingerprint density at radius 1 is 1.29 bits per heavy atom. The van der Waals surface area contributed by atoms with E-state index in [2.05, 4.69) is 26.1 Å². The van der Waals surface area contributed by atoms with E-state index in [-0.39, 0.29) is 18.0 Å². The molecule has 1 heterocycles. The minimum absolute atomic E-state index is 0.0709. The summed E-state index contributed by atoms with van der Waals surface area (Å²) in [6, 6.07) is 6.12. The highest BCUT2D eigenvalue weighted by Gasteiger charge is 2.08. The molecule has 2 rings (SSSR count). The van der Waals surface area contributed by atoms with Gasteiger partial charge in [-0.1, -0.05) is 6.07 Å². The molecule has 0 spiro atoms. The zero-order valence-corrected chi connectivity index (χ0v) is 10.3. The molecule has 0 saturated carbocycles. The molecule has 3 nitrogen and oxygen atoms in total. The van der Waals surface area contributed by atoms with Crippen LogP contribution in [0.3, 0.4) is 0 Å². The highest BCUT2D eigenvalue weighted by Crippen LogP contribution is 2.18. The standard InChI is InChI=1S/C12H8BrFN2O/c13-10-5-8(1-2-11(10)14)6-12(17)9-3-4-15-16-7-9/h1-5,7H,6H2. The third kappa shape index (κ3) is 2.94. The van der Waals surface area contributed by atoms with Gasteiger partial charge in [-0.2, -0.15) is 10.2 Å². The summed E-state index contributed by atoms with van der Waals surface area (Å²) in [6.07, 6.45) is 3.10. The lowest BCUT2D eigenvalue weighted by Gasteiger charge is -2.02. The van der Waals surface area contributed by atoms with Crippen LogP contribution in [0.4, 0.5) is 4.39 Å². The third-order valence-electron chi connectivity index (χ3n) is 2.25. The van der Waals surface area contributed by atoms with Crippen LogP contribution in [-0.2, 0) is 6.42 Å². The van der Waals surface area contributed by atoms with Crippen molar-refractivity contribution in [2.45, 2.75) is 6.42 Å². The van der Waals surface area contributed by atoms with Gasteiger partial charge in [0.1, 0.15) is 5.82 Å². The predicted molar refractivity (Wildman–Crippen MR) is 64.2 cm³/mol. The van der Waals surface area contributed by atoms with Crippen LogP contribution >= 0.6 is 15.9 Å². The summed E-state index contributed by atoms with van der Waals surface area (Å²) in [5.74, 6) is -0.412. The number of benzene rings is 1. The number of carbonyl (C=O) groups excluding carboxylic acids is 1. The van der Waals surface area contributed by atoms with E-state index in [0.717, 1.165) is 5.56 Å². The molecule has 0 N–H and O–H groups in total. The Bertz CT molecular complexity index is 545. The van der Waals surface area contributed by atoms with Crippen LogP contribution in [0.5, 0.6) is 0 Å². The van der Waals surface area contributed by atoms with Gasteiger partial charge < -0.3 is 0 Å². The SMILES string of the molecule is O=C(Cc1ccc(F)c(Br)c1)c1ccnnc1. The zero-order chi connectivity index (χ0) is 12.3. The Labute approximate surface area is 106 Å². The summed E-state index contributed by atoms with van der Waals surface area (Å²) in [6.45, 7) is 0. The number of rotatable bonds is 3. The van der Waals surface area contributed by atoms with Gasteiger partial charge in [0, 0.05) is 12.0 Å². The molecule has 0 aliphatic rings. The summed E-state index contributed by atoms with van der Waals surface area (Å²) in [5.41, 5.74) is 1.25. The second kappa shape index (κ2) is 5.14. The van der Waals surface area contributed by atoms with Crippen LogP contribution < -0.4 is 0 Å². The maximum absolute atomic E-state index is 13.0. The second-order valence-electron chi connectivity index (χ2n) is 3.48. The lowest BCUT2D eigenvalue weighted by Crippen LogP contribution is -2.04. The molecule has 1 aromatic heterocycles. The van der Waals surface area contributed by atoms with Crippen LogP contribution in [-0.4, -0.2) is 16.0 Å². The number of hydrogen-bond acceptors (Lipinski definition) is 3. The van der Waals surface area contributed by atoms with Gasteiger partial charge in [0.15, 0.2) is 5.78 Å². The fourth-order valence-corrected chi connectivity index (χ4v) is 1.82. The molecule has 1 aromatic carbocycles. The lowest BCUT2D eigenvalue weighted by atomic mass is 10.1. The van der Waals surface area contributed by atoms with Crippen molar-refractivity contribution in [3.05, 3.63) is 58.1 Å². The number of aromatic nitrogens is 2. The number of nitrogens with zero attached hydrogens (tertiary/aromatic N) is 2. The van der Waals surface area contributed by atoms with Gasteiger partial charge >= 0.3 is 0 Å². The molecular formula is C12H8BrFN2O. The van der Waals surface area contributed by atoms with E-state index in [1.807, 2.05) is 0 Å². The average Bonchev–Trinajstić information content (AvgIpc) is 2.35. The van der Waals surface area contributed by atoms with Crippen LogP contribution in [0.15, 0.2) is 41.1 Å². The van der Waals surface area contributed by atoms with Crippen molar-refractivity contribution in [1.82, 2.24) is 10.2 Å². The van der Waals surface area contributed by atoms with Gasteiger partial charge in [0.05, 0.1) is 16.9 Å². The highest BCUT2D eigenvalue weighted by molar-refractivity contribution is 9.10. The summed E-state index contributed by atoms with van der Waals surface area (Å²) in [7, 11) is 0. The molecule has 86 valence electrons. The van der Waals surface area contributed by atoms with Gasteiger partial charge in [0.2, 0.25) is 0 Å². The summed E-state index contributed by atoms with van der Waals surface area (Å²) in [5, 5.41) is 7.24. The van der Waals surface area contributed by atoms with E-state index >= 15 is 0 Å². The maximum Gasteiger partial charge on any atom is 0.168 e. The first-order valence-electron chi connectivity index (χ1n) is 4.90. The molecular weight excluding hydrogens is 287 g/mol. The summed E-state index contributed by atoms with van der Waals surface area (Å²) in [4.78, 5) is 11.8. The van der Waals surface area contributed by atoms with Crippen molar-refractivity contribution >= 4 is 21.7 Å². The van der Waals surface area contributed by atoms with Gasteiger partial charge in [-0.15, -0.1) is 0 Å². The molecule has 2 aromatic rings. The van der Waals surface area contributed by atoms with Crippen LogP contribution in [0.2, 0.25) is 0 Å². The lowest BCUT2D eigenvalue weighted by molar-refractivity contribution is 0.0992.